The maximum atomic E-state index is 12.7. The van der Waals surface area contributed by atoms with Gasteiger partial charge in [0.15, 0.2) is 0 Å². The fourth-order valence-corrected chi connectivity index (χ4v) is 3.94. The predicted molar refractivity (Wildman–Crippen MR) is 100.0 cm³/mol. The van der Waals surface area contributed by atoms with Crippen LogP contribution in [0.2, 0.25) is 0 Å². The molecule has 1 saturated carbocycles. The summed E-state index contributed by atoms with van der Waals surface area (Å²) in [4.78, 5) is 14.7. The van der Waals surface area contributed by atoms with Gasteiger partial charge in [-0.05, 0) is 44.1 Å². The highest BCUT2D eigenvalue weighted by molar-refractivity contribution is 5.91. The summed E-state index contributed by atoms with van der Waals surface area (Å²) in [7, 11) is 0. The fourth-order valence-electron chi connectivity index (χ4n) is 3.94. The minimum absolute atomic E-state index is 0.0842. The molecule has 3 aromatic rings. The maximum absolute atomic E-state index is 12.7. The summed E-state index contributed by atoms with van der Waals surface area (Å²) in [6, 6.07) is 5.61. The molecule has 0 bridgehead atoms. The number of fused-ring (bicyclic) bond motifs is 1. The molecule has 1 saturated heterocycles. The minimum Gasteiger partial charge on any atom is -0.403 e. The van der Waals surface area contributed by atoms with E-state index in [1.807, 2.05) is 30.0 Å². The molecular formula is C19H22N6O2. The summed E-state index contributed by atoms with van der Waals surface area (Å²) in [5, 5.41) is 19.2. The molecule has 2 aromatic heterocycles. The molecule has 1 atom stereocenters. The van der Waals surface area contributed by atoms with Gasteiger partial charge < -0.3 is 14.6 Å². The van der Waals surface area contributed by atoms with Crippen molar-refractivity contribution in [2.75, 3.05) is 18.4 Å². The topological polar surface area (TPSA) is 99.9 Å². The quantitative estimate of drug-likeness (QED) is 0.736. The molecule has 8 nitrogen and oxygen atoms in total. The van der Waals surface area contributed by atoms with Crippen molar-refractivity contribution in [2.24, 2.45) is 5.41 Å². The highest BCUT2D eigenvalue weighted by Gasteiger charge is 2.45. The number of piperidine rings is 1. The molecule has 1 amide bonds. The number of nitrogens with one attached hydrogen (secondary N) is 2. The lowest BCUT2D eigenvalue weighted by Gasteiger charge is -2.33. The van der Waals surface area contributed by atoms with Gasteiger partial charge in [-0.3, -0.25) is 9.89 Å². The summed E-state index contributed by atoms with van der Waals surface area (Å²) in [6.07, 6.45) is 6.67. The maximum Gasteiger partial charge on any atom is 0.316 e. The highest BCUT2D eigenvalue weighted by atomic mass is 16.4. The number of amides is 1. The van der Waals surface area contributed by atoms with Gasteiger partial charge in [-0.15, -0.1) is 5.10 Å². The van der Waals surface area contributed by atoms with Crippen molar-refractivity contribution in [1.29, 1.82) is 0 Å². The van der Waals surface area contributed by atoms with E-state index in [0.29, 0.717) is 11.3 Å². The molecule has 140 valence electrons. The first-order valence-electron chi connectivity index (χ1n) is 9.45. The Morgan fingerprint density at radius 3 is 2.85 bits per heavy atom. The molecule has 2 fully saturated rings. The van der Waals surface area contributed by atoms with Crippen LogP contribution in [0.25, 0.3) is 22.4 Å². The highest BCUT2D eigenvalue weighted by Crippen LogP contribution is 2.53. The number of aromatic nitrogens is 4. The van der Waals surface area contributed by atoms with Crippen LogP contribution < -0.4 is 5.32 Å². The van der Waals surface area contributed by atoms with Crippen LogP contribution >= 0.6 is 0 Å². The summed E-state index contributed by atoms with van der Waals surface area (Å²) < 4.78 is 5.75. The molecule has 5 rings (SSSR count). The zero-order chi connectivity index (χ0) is 18.4. The van der Waals surface area contributed by atoms with Gasteiger partial charge in [0.25, 0.3) is 5.89 Å². The lowest BCUT2D eigenvalue weighted by Crippen LogP contribution is -2.45. The van der Waals surface area contributed by atoms with Crippen LogP contribution in [-0.4, -0.2) is 50.3 Å². The number of carbonyl (C=O) groups is 1. The first-order chi connectivity index (χ1) is 13.1. The van der Waals surface area contributed by atoms with E-state index in [1.165, 1.54) is 12.8 Å². The number of likely N-dealkylation sites (tertiary alicyclic amines) is 1. The van der Waals surface area contributed by atoms with Crippen molar-refractivity contribution in [3.05, 3.63) is 24.4 Å². The molecule has 1 aromatic carbocycles. The molecule has 0 unspecified atom stereocenters. The van der Waals surface area contributed by atoms with E-state index in [4.69, 9.17) is 4.42 Å². The van der Waals surface area contributed by atoms with Gasteiger partial charge in [-0.2, -0.15) is 5.10 Å². The average Bonchev–Trinajstić information content (AvgIpc) is 3.10. The van der Waals surface area contributed by atoms with Crippen LogP contribution in [0, 0.1) is 5.41 Å². The Morgan fingerprint density at radius 2 is 2.07 bits per heavy atom. The Morgan fingerprint density at radius 1 is 1.26 bits per heavy atom. The minimum atomic E-state index is -0.408. The Kier molecular flexibility index (Phi) is 3.66. The van der Waals surface area contributed by atoms with E-state index in [2.05, 4.69) is 25.7 Å². The largest absolute Gasteiger partial charge is 0.403 e. The second-order valence-corrected chi connectivity index (χ2v) is 7.74. The van der Waals surface area contributed by atoms with Gasteiger partial charge in [0.05, 0.1) is 17.3 Å². The Labute approximate surface area is 156 Å². The summed E-state index contributed by atoms with van der Waals surface area (Å²) in [6.45, 7) is 3.53. The van der Waals surface area contributed by atoms with E-state index in [-0.39, 0.29) is 11.9 Å². The Balaban J connectivity index is 1.27. The zero-order valence-electron chi connectivity index (χ0n) is 15.2. The number of hydrogen-bond donors (Lipinski definition) is 2. The summed E-state index contributed by atoms with van der Waals surface area (Å²) in [5.41, 5.74) is 2.19. The van der Waals surface area contributed by atoms with Crippen LogP contribution in [0.3, 0.4) is 0 Å². The van der Waals surface area contributed by atoms with Crippen molar-refractivity contribution in [2.45, 2.75) is 38.6 Å². The number of benzene rings is 1. The number of hydrogen-bond acceptors (Lipinski definition) is 6. The fraction of sp³-hybridized carbons (Fsp3) is 0.474. The van der Waals surface area contributed by atoms with E-state index in [9.17, 15) is 4.79 Å². The second kappa shape index (κ2) is 6.07. The SMILES string of the molecule is C[C@@H](Nc1nnc(-c2cccc3cn[nH]c23)o1)C(=O)N1CCC2(CC1)CC2. The Bertz CT molecular complexity index is 979. The third-order valence-corrected chi connectivity index (χ3v) is 5.94. The third kappa shape index (κ3) is 2.94. The zero-order valence-corrected chi connectivity index (χ0v) is 15.2. The number of anilines is 1. The first-order valence-corrected chi connectivity index (χ1v) is 9.45. The van der Waals surface area contributed by atoms with Crippen molar-refractivity contribution in [3.8, 4) is 11.5 Å². The van der Waals surface area contributed by atoms with Gasteiger partial charge in [0, 0.05) is 18.5 Å². The molecule has 3 heterocycles. The van der Waals surface area contributed by atoms with Crippen LogP contribution in [0.5, 0.6) is 0 Å². The number of rotatable bonds is 4. The van der Waals surface area contributed by atoms with Crippen LogP contribution in [0.1, 0.15) is 32.6 Å². The molecule has 27 heavy (non-hydrogen) atoms. The smallest absolute Gasteiger partial charge is 0.316 e. The average molecular weight is 366 g/mol. The molecular weight excluding hydrogens is 344 g/mol. The molecule has 2 aliphatic rings. The van der Waals surface area contributed by atoms with Gasteiger partial charge in [0.2, 0.25) is 5.91 Å². The molecule has 1 aliphatic carbocycles. The number of carbonyl (C=O) groups excluding carboxylic acids is 1. The van der Waals surface area contributed by atoms with E-state index >= 15 is 0 Å². The van der Waals surface area contributed by atoms with Crippen LogP contribution in [0.4, 0.5) is 6.01 Å². The molecule has 2 N–H and O–H groups in total. The number of aromatic amines is 1. The second-order valence-electron chi connectivity index (χ2n) is 7.74. The van der Waals surface area contributed by atoms with E-state index < -0.39 is 6.04 Å². The Hall–Kier alpha value is -2.90. The van der Waals surface area contributed by atoms with Gasteiger partial charge in [-0.1, -0.05) is 17.2 Å². The van der Waals surface area contributed by atoms with Crippen molar-refractivity contribution >= 4 is 22.8 Å². The van der Waals surface area contributed by atoms with Crippen LogP contribution in [-0.2, 0) is 4.79 Å². The van der Waals surface area contributed by atoms with Crippen molar-refractivity contribution in [1.82, 2.24) is 25.3 Å². The van der Waals surface area contributed by atoms with Crippen LogP contribution in [0.15, 0.2) is 28.8 Å². The molecule has 1 spiro atoms. The van der Waals surface area contributed by atoms with E-state index in [0.717, 1.165) is 42.4 Å². The van der Waals surface area contributed by atoms with Gasteiger partial charge in [0.1, 0.15) is 6.04 Å². The standard InChI is InChI=1S/C19H22N6O2/c1-12(17(26)25-9-7-19(5-6-19)8-10-25)21-18-24-23-16(27-18)14-4-2-3-13-11-20-22-15(13)14/h2-4,11-12H,5-10H2,1H3,(H,20,22)(H,21,24)/t12-/m1/s1. The van der Waals surface area contributed by atoms with Crippen molar-refractivity contribution < 1.29 is 9.21 Å². The number of H-pyrrole nitrogens is 1. The monoisotopic (exact) mass is 366 g/mol. The first kappa shape index (κ1) is 16.3. The lowest BCUT2D eigenvalue weighted by molar-refractivity contribution is -0.133. The molecule has 8 heteroatoms. The predicted octanol–water partition coefficient (Wildman–Crippen LogP) is 2.82. The number of para-hydroxylation sites is 1. The molecule has 1 aliphatic heterocycles. The summed E-state index contributed by atoms with van der Waals surface area (Å²) >= 11 is 0. The van der Waals surface area contributed by atoms with Gasteiger partial charge in [-0.25, -0.2) is 0 Å². The molecule has 0 radical (unpaired) electrons. The normalized spacial score (nSPS) is 19.4. The number of nitrogens with zero attached hydrogens (tertiary/aromatic N) is 4. The van der Waals surface area contributed by atoms with E-state index in [1.54, 1.807) is 6.20 Å². The summed E-state index contributed by atoms with van der Waals surface area (Å²) in [5.74, 6) is 0.474. The van der Waals surface area contributed by atoms with Gasteiger partial charge >= 0.3 is 6.01 Å². The van der Waals surface area contributed by atoms with Crippen molar-refractivity contribution in [3.63, 3.8) is 0 Å². The lowest BCUT2D eigenvalue weighted by atomic mass is 9.93. The third-order valence-electron chi connectivity index (χ3n) is 5.94.